The number of carboxylic acids is 1. The van der Waals surface area contributed by atoms with E-state index in [1.165, 1.54) is 0 Å². The molecular formula is C15H17N3O3. The summed E-state index contributed by atoms with van der Waals surface area (Å²) >= 11 is 0. The van der Waals surface area contributed by atoms with Gasteiger partial charge in [-0.05, 0) is 24.6 Å². The average molecular weight is 287 g/mol. The van der Waals surface area contributed by atoms with Gasteiger partial charge in [0.1, 0.15) is 6.54 Å². The van der Waals surface area contributed by atoms with E-state index in [1.807, 2.05) is 30.3 Å². The lowest BCUT2D eigenvalue weighted by Gasteiger charge is -2.22. The third-order valence-electron chi connectivity index (χ3n) is 3.00. The maximum atomic E-state index is 12.4. The van der Waals surface area contributed by atoms with E-state index < -0.39 is 5.97 Å². The first-order chi connectivity index (χ1) is 10.2. The number of rotatable bonds is 7. The Labute approximate surface area is 122 Å². The maximum Gasteiger partial charge on any atom is 0.303 e. The van der Waals surface area contributed by atoms with Crippen LogP contribution in [0.2, 0.25) is 0 Å². The molecule has 2 rings (SSSR count). The molecular weight excluding hydrogens is 270 g/mol. The Bertz CT molecular complexity index is 581. The Balaban J connectivity index is 2.07. The summed E-state index contributed by atoms with van der Waals surface area (Å²) in [7, 11) is 0. The largest absolute Gasteiger partial charge is 0.481 e. The summed E-state index contributed by atoms with van der Waals surface area (Å²) in [5.41, 5.74) is 0.764. The van der Waals surface area contributed by atoms with Crippen LogP contribution in [0.4, 0.5) is 5.69 Å². The molecule has 0 aliphatic carbocycles. The van der Waals surface area contributed by atoms with Crippen LogP contribution in [0.1, 0.15) is 12.8 Å². The molecule has 1 heterocycles. The van der Waals surface area contributed by atoms with E-state index >= 15 is 0 Å². The highest BCUT2D eigenvalue weighted by atomic mass is 16.4. The number of hydrogen-bond donors (Lipinski definition) is 1. The van der Waals surface area contributed by atoms with Crippen molar-refractivity contribution < 1.29 is 14.7 Å². The molecule has 6 nitrogen and oxygen atoms in total. The predicted molar refractivity (Wildman–Crippen MR) is 77.9 cm³/mol. The maximum absolute atomic E-state index is 12.4. The van der Waals surface area contributed by atoms with Gasteiger partial charge in [0.05, 0.1) is 0 Å². The van der Waals surface area contributed by atoms with Crippen LogP contribution in [0.25, 0.3) is 0 Å². The first kappa shape index (κ1) is 14.8. The highest BCUT2D eigenvalue weighted by molar-refractivity contribution is 5.93. The number of amides is 1. The first-order valence-electron chi connectivity index (χ1n) is 6.71. The molecule has 21 heavy (non-hydrogen) atoms. The fourth-order valence-electron chi connectivity index (χ4n) is 2.01. The Hall–Kier alpha value is -2.63. The molecule has 0 aliphatic heterocycles. The van der Waals surface area contributed by atoms with E-state index in [2.05, 4.69) is 5.10 Å². The summed E-state index contributed by atoms with van der Waals surface area (Å²) in [6, 6.07) is 11.0. The zero-order chi connectivity index (χ0) is 15.1. The minimum Gasteiger partial charge on any atom is -0.481 e. The molecule has 0 unspecified atom stereocenters. The molecule has 1 N–H and O–H groups in total. The van der Waals surface area contributed by atoms with Crippen molar-refractivity contribution in [1.82, 2.24) is 9.78 Å². The van der Waals surface area contributed by atoms with Crippen molar-refractivity contribution in [3.8, 4) is 0 Å². The molecule has 1 aromatic heterocycles. The molecule has 110 valence electrons. The number of para-hydroxylation sites is 1. The van der Waals surface area contributed by atoms with Gasteiger partial charge < -0.3 is 10.0 Å². The highest BCUT2D eigenvalue weighted by Gasteiger charge is 2.16. The predicted octanol–water partition coefficient (Wildman–Crippen LogP) is 1.78. The SMILES string of the molecule is O=C(O)CCCN(C(=O)Cn1cccn1)c1ccccc1. The van der Waals surface area contributed by atoms with Crippen molar-refractivity contribution in [3.63, 3.8) is 0 Å². The lowest BCUT2D eigenvalue weighted by Crippen LogP contribution is -2.35. The molecule has 1 amide bonds. The second-order valence-electron chi connectivity index (χ2n) is 4.58. The number of anilines is 1. The lowest BCUT2D eigenvalue weighted by atomic mass is 10.2. The highest BCUT2D eigenvalue weighted by Crippen LogP contribution is 2.15. The summed E-state index contributed by atoms with van der Waals surface area (Å²) in [5.74, 6) is -0.974. The Morgan fingerprint density at radius 3 is 2.57 bits per heavy atom. The molecule has 0 aliphatic rings. The molecule has 0 bridgehead atoms. The van der Waals surface area contributed by atoms with Crippen LogP contribution in [0.5, 0.6) is 0 Å². The van der Waals surface area contributed by atoms with E-state index in [1.54, 1.807) is 28.0 Å². The summed E-state index contributed by atoms with van der Waals surface area (Å²) in [6.45, 7) is 0.505. The van der Waals surface area contributed by atoms with Crippen molar-refractivity contribution in [1.29, 1.82) is 0 Å². The summed E-state index contributed by atoms with van der Waals surface area (Å²) in [5, 5.41) is 12.7. The van der Waals surface area contributed by atoms with Crippen LogP contribution >= 0.6 is 0 Å². The minimum atomic E-state index is -0.859. The first-order valence-corrected chi connectivity index (χ1v) is 6.71. The molecule has 0 atom stereocenters. The summed E-state index contributed by atoms with van der Waals surface area (Å²) in [6.07, 6.45) is 3.79. The molecule has 6 heteroatoms. The molecule has 0 radical (unpaired) electrons. The number of aliphatic carboxylic acids is 1. The Morgan fingerprint density at radius 1 is 1.19 bits per heavy atom. The van der Waals surface area contributed by atoms with Gasteiger partial charge in [-0.1, -0.05) is 18.2 Å². The van der Waals surface area contributed by atoms with Gasteiger partial charge in [-0.15, -0.1) is 0 Å². The Morgan fingerprint density at radius 2 is 1.95 bits per heavy atom. The van der Waals surface area contributed by atoms with Crippen LogP contribution in [-0.2, 0) is 16.1 Å². The topological polar surface area (TPSA) is 75.4 Å². The molecule has 2 aromatic rings. The number of carboxylic acid groups (broad SMARTS) is 1. The van der Waals surface area contributed by atoms with Gasteiger partial charge in [-0.2, -0.15) is 5.10 Å². The van der Waals surface area contributed by atoms with Gasteiger partial charge in [-0.3, -0.25) is 14.3 Å². The fraction of sp³-hybridized carbons (Fsp3) is 0.267. The van der Waals surface area contributed by atoms with Gasteiger partial charge in [0.25, 0.3) is 0 Å². The number of aromatic nitrogens is 2. The van der Waals surface area contributed by atoms with Crippen LogP contribution in [0.3, 0.4) is 0 Å². The monoisotopic (exact) mass is 287 g/mol. The van der Waals surface area contributed by atoms with Crippen LogP contribution in [0.15, 0.2) is 48.8 Å². The van der Waals surface area contributed by atoms with Gasteiger partial charge in [-0.25, -0.2) is 0 Å². The van der Waals surface area contributed by atoms with Gasteiger partial charge >= 0.3 is 5.97 Å². The normalized spacial score (nSPS) is 10.3. The van der Waals surface area contributed by atoms with Crippen molar-refractivity contribution in [2.45, 2.75) is 19.4 Å². The quantitative estimate of drug-likeness (QED) is 0.842. The van der Waals surface area contributed by atoms with E-state index in [4.69, 9.17) is 5.11 Å². The smallest absolute Gasteiger partial charge is 0.303 e. The van der Waals surface area contributed by atoms with Crippen molar-refractivity contribution in [2.24, 2.45) is 0 Å². The minimum absolute atomic E-state index is 0.0401. The van der Waals surface area contributed by atoms with Gasteiger partial charge in [0.15, 0.2) is 0 Å². The number of carbonyl (C=O) groups is 2. The zero-order valence-corrected chi connectivity index (χ0v) is 11.6. The van der Waals surface area contributed by atoms with E-state index in [9.17, 15) is 9.59 Å². The van der Waals surface area contributed by atoms with Gasteiger partial charge in [0.2, 0.25) is 5.91 Å². The summed E-state index contributed by atoms with van der Waals surface area (Å²) < 4.78 is 1.55. The molecule has 0 fully saturated rings. The zero-order valence-electron chi connectivity index (χ0n) is 11.6. The van der Waals surface area contributed by atoms with E-state index in [0.717, 1.165) is 5.69 Å². The number of benzene rings is 1. The standard InChI is InChI=1S/C15H17N3O3/c19-14(12-17-10-5-9-16-17)18(11-4-8-15(20)21)13-6-2-1-3-7-13/h1-3,5-7,9-10H,4,8,11-12H2,(H,20,21). The molecule has 1 aromatic carbocycles. The van der Waals surface area contributed by atoms with Crippen LogP contribution in [-0.4, -0.2) is 33.3 Å². The molecule has 0 saturated heterocycles. The number of carbonyl (C=O) groups excluding carboxylic acids is 1. The van der Waals surface area contributed by atoms with Crippen molar-refractivity contribution in [2.75, 3.05) is 11.4 Å². The van der Waals surface area contributed by atoms with Crippen molar-refractivity contribution >= 4 is 17.6 Å². The average Bonchev–Trinajstić information content (AvgIpc) is 2.97. The summed E-state index contributed by atoms with van der Waals surface area (Å²) in [4.78, 5) is 24.6. The molecule has 0 spiro atoms. The second-order valence-corrected chi connectivity index (χ2v) is 4.58. The molecule has 0 saturated carbocycles. The number of nitrogens with zero attached hydrogens (tertiary/aromatic N) is 3. The fourth-order valence-corrected chi connectivity index (χ4v) is 2.01. The number of hydrogen-bond acceptors (Lipinski definition) is 3. The van der Waals surface area contributed by atoms with E-state index in [0.29, 0.717) is 13.0 Å². The van der Waals surface area contributed by atoms with Crippen LogP contribution < -0.4 is 4.90 Å². The van der Waals surface area contributed by atoms with E-state index in [-0.39, 0.29) is 18.9 Å². The third kappa shape index (κ3) is 4.45. The Kier molecular flexibility index (Phi) is 5.09. The van der Waals surface area contributed by atoms with Crippen LogP contribution in [0, 0.1) is 0 Å². The lowest BCUT2D eigenvalue weighted by molar-refractivity contribution is -0.137. The van der Waals surface area contributed by atoms with Gasteiger partial charge in [0, 0.05) is 31.0 Å². The van der Waals surface area contributed by atoms with Crippen molar-refractivity contribution in [3.05, 3.63) is 48.8 Å². The third-order valence-corrected chi connectivity index (χ3v) is 3.00. The second kappa shape index (κ2) is 7.23.